The van der Waals surface area contributed by atoms with Crippen LogP contribution < -0.4 is 10.6 Å². The molecule has 2 heterocycles. The Bertz CT molecular complexity index is 305. The first-order chi connectivity index (χ1) is 8.22. The number of nitrogens with one attached hydrogen (secondary N) is 2. The highest BCUT2D eigenvalue weighted by molar-refractivity contribution is 7.99. The minimum Gasteiger partial charge on any atom is -0.359 e. The molecule has 2 aliphatic heterocycles. The minimum atomic E-state index is -0.0524. The number of hydrogen-bond acceptors (Lipinski definition) is 4. The second-order valence-electron chi connectivity index (χ2n) is 4.51. The lowest BCUT2D eigenvalue weighted by atomic mass is 9.96. The van der Waals surface area contributed by atoms with E-state index in [1.54, 1.807) is 18.8 Å². The SMILES string of the molecule is CNC(=O)C1CCCN(C(=O)C2CSCN2)C1. The van der Waals surface area contributed by atoms with Crippen molar-refractivity contribution in [1.29, 1.82) is 0 Å². The Hall–Kier alpha value is -0.750. The van der Waals surface area contributed by atoms with Crippen LogP contribution in [-0.4, -0.2) is 54.5 Å². The average Bonchev–Trinajstić information content (AvgIpc) is 2.91. The number of amides is 2. The Balaban J connectivity index is 1.92. The van der Waals surface area contributed by atoms with E-state index < -0.39 is 0 Å². The summed E-state index contributed by atoms with van der Waals surface area (Å²) in [5.41, 5.74) is 0. The van der Waals surface area contributed by atoms with Crippen molar-refractivity contribution >= 4 is 23.6 Å². The number of carbonyl (C=O) groups is 2. The van der Waals surface area contributed by atoms with E-state index in [0.29, 0.717) is 6.54 Å². The lowest BCUT2D eigenvalue weighted by Gasteiger charge is -2.33. The number of thioether (sulfide) groups is 1. The topological polar surface area (TPSA) is 61.4 Å². The molecule has 2 aliphatic rings. The summed E-state index contributed by atoms with van der Waals surface area (Å²) in [6.07, 6.45) is 1.81. The summed E-state index contributed by atoms with van der Waals surface area (Å²) in [6.45, 7) is 1.36. The van der Waals surface area contributed by atoms with Gasteiger partial charge in [-0.3, -0.25) is 14.9 Å². The van der Waals surface area contributed by atoms with Crippen molar-refractivity contribution in [2.75, 3.05) is 31.8 Å². The Morgan fingerprint density at radius 3 is 2.94 bits per heavy atom. The summed E-state index contributed by atoms with van der Waals surface area (Å²) < 4.78 is 0. The van der Waals surface area contributed by atoms with Gasteiger partial charge in [-0.15, -0.1) is 11.8 Å². The lowest BCUT2D eigenvalue weighted by molar-refractivity contribution is -0.136. The first kappa shape index (κ1) is 12.7. The van der Waals surface area contributed by atoms with Gasteiger partial charge in [0.05, 0.1) is 12.0 Å². The highest BCUT2D eigenvalue weighted by atomic mass is 32.2. The van der Waals surface area contributed by atoms with E-state index in [-0.39, 0.29) is 23.8 Å². The molecule has 5 nitrogen and oxygen atoms in total. The van der Waals surface area contributed by atoms with Gasteiger partial charge in [-0.1, -0.05) is 0 Å². The highest BCUT2D eigenvalue weighted by Gasteiger charge is 2.32. The Kier molecular flexibility index (Phi) is 4.28. The van der Waals surface area contributed by atoms with Crippen LogP contribution in [0.5, 0.6) is 0 Å². The van der Waals surface area contributed by atoms with E-state index in [1.807, 2.05) is 4.90 Å². The van der Waals surface area contributed by atoms with Gasteiger partial charge >= 0.3 is 0 Å². The van der Waals surface area contributed by atoms with Crippen molar-refractivity contribution in [3.05, 3.63) is 0 Å². The number of likely N-dealkylation sites (tertiary alicyclic amines) is 1. The van der Waals surface area contributed by atoms with Crippen LogP contribution in [0.3, 0.4) is 0 Å². The summed E-state index contributed by atoms with van der Waals surface area (Å²) in [6, 6.07) is -0.0524. The number of hydrogen-bond donors (Lipinski definition) is 2. The number of nitrogens with zero attached hydrogens (tertiary/aromatic N) is 1. The van der Waals surface area contributed by atoms with Crippen molar-refractivity contribution in [1.82, 2.24) is 15.5 Å². The van der Waals surface area contributed by atoms with E-state index in [2.05, 4.69) is 10.6 Å². The van der Waals surface area contributed by atoms with E-state index in [9.17, 15) is 9.59 Å². The summed E-state index contributed by atoms with van der Waals surface area (Å²) >= 11 is 1.75. The van der Waals surface area contributed by atoms with Crippen molar-refractivity contribution in [2.24, 2.45) is 5.92 Å². The van der Waals surface area contributed by atoms with Crippen molar-refractivity contribution in [3.63, 3.8) is 0 Å². The highest BCUT2D eigenvalue weighted by Crippen LogP contribution is 2.19. The second-order valence-corrected chi connectivity index (χ2v) is 5.54. The van der Waals surface area contributed by atoms with E-state index in [0.717, 1.165) is 31.0 Å². The zero-order valence-corrected chi connectivity index (χ0v) is 10.9. The van der Waals surface area contributed by atoms with Crippen LogP contribution in [0.15, 0.2) is 0 Å². The van der Waals surface area contributed by atoms with Crippen molar-refractivity contribution < 1.29 is 9.59 Å². The lowest BCUT2D eigenvalue weighted by Crippen LogP contribution is -2.50. The van der Waals surface area contributed by atoms with Crippen molar-refractivity contribution in [2.45, 2.75) is 18.9 Å². The smallest absolute Gasteiger partial charge is 0.240 e. The third-order valence-electron chi connectivity index (χ3n) is 3.36. The predicted molar refractivity (Wildman–Crippen MR) is 67.6 cm³/mol. The first-order valence-corrected chi connectivity index (χ1v) is 7.19. The van der Waals surface area contributed by atoms with Crippen LogP contribution in [-0.2, 0) is 9.59 Å². The van der Waals surface area contributed by atoms with Gasteiger partial charge in [0, 0.05) is 31.8 Å². The zero-order chi connectivity index (χ0) is 12.3. The van der Waals surface area contributed by atoms with Gasteiger partial charge in [-0.25, -0.2) is 0 Å². The average molecular weight is 257 g/mol. The number of carbonyl (C=O) groups excluding carboxylic acids is 2. The normalized spacial score (nSPS) is 29.1. The summed E-state index contributed by atoms with van der Waals surface area (Å²) in [5.74, 6) is 1.87. The van der Waals surface area contributed by atoms with Gasteiger partial charge in [-0.2, -0.15) is 0 Å². The molecule has 0 saturated carbocycles. The van der Waals surface area contributed by atoms with Crippen LogP contribution in [0, 0.1) is 5.92 Å². The molecule has 96 valence electrons. The molecular formula is C11H19N3O2S. The van der Waals surface area contributed by atoms with Gasteiger partial charge in [0.1, 0.15) is 0 Å². The molecule has 2 fully saturated rings. The molecule has 2 amide bonds. The van der Waals surface area contributed by atoms with E-state index in [4.69, 9.17) is 0 Å². The van der Waals surface area contributed by atoms with E-state index >= 15 is 0 Å². The second kappa shape index (κ2) is 5.73. The molecule has 2 atom stereocenters. The molecule has 0 spiro atoms. The first-order valence-electron chi connectivity index (χ1n) is 6.04. The molecule has 6 heteroatoms. The summed E-state index contributed by atoms with van der Waals surface area (Å²) in [7, 11) is 1.65. The Morgan fingerprint density at radius 2 is 2.29 bits per heavy atom. The zero-order valence-electron chi connectivity index (χ0n) is 10.1. The molecule has 0 aliphatic carbocycles. The molecule has 2 saturated heterocycles. The molecule has 2 unspecified atom stereocenters. The summed E-state index contributed by atoms with van der Waals surface area (Å²) in [5, 5.41) is 5.85. The largest absolute Gasteiger partial charge is 0.359 e. The minimum absolute atomic E-state index is 0.0354. The fourth-order valence-corrected chi connectivity index (χ4v) is 3.30. The standard InChI is InChI=1S/C11H19N3O2S/c1-12-10(15)8-3-2-4-14(5-8)11(16)9-6-17-7-13-9/h8-9,13H,2-7H2,1H3,(H,12,15). The Labute approximate surface area is 106 Å². The van der Waals surface area contributed by atoms with Gasteiger partial charge in [0.25, 0.3) is 0 Å². The summed E-state index contributed by atoms with van der Waals surface area (Å²) in [4.78, 5) is 25.6. The molecule has 2 rings (SSSR count). The van der Waals surface area contributed by atoms with Crippen LogP contribution in [0.25, 0.3) is 0 Å². The molecular weight excluding hydrogens is 238 g/mol. The molecule has 0 aromatic carbocycles. The number of piperidine rings is 1. The van der Waals surface area contributed by atoms with Gasteiger partial charge in [0.15, 0.2) is 0 Å². The quantitative estimate of drug-likeness (QED) is 0.709. The van der Waals surface area contributed by atoms with E-state index in [1.165, 1.54) is 0 Å². The fraction of sp³-hybridized carbons (Fsp3) is 0.818. The van der Waals surface area contributed by atoms with Gasteiger partial charge in [0.2, 0.25) is 11.8 Å². The molecule has 0 radical (unpaired) electrons. The molecule has 0 aromatic heterocycles. The molecule has 0 aromatic rings. The van der Waals surface area contributed by atoms with Gasteiger partial charge in [-0.05, 0) is 12.8 Å². The monoisotopic (exact) mass is 257 g/mol. The third-order valence-corrected chi connectivity index (χ3v) is 4.30. The third kappa shape index (κ3) is 2.93. The molecule has 0 bridgehead atoms. The molecule has 17 heavy (non-hydrogen) atoms. The Morgan fingerprint density at radius 1 is 1.47 bits per heavy atom. The maximum atomic E-state index is 12.2. The number of rotatable bonds is 2. The maximum Gasteiger partial charge on any atom is 0.240 e. The van der Waals surface area contributed by atoms with Crippen LogP contribution in [0.4, 0.5) is 0 Å². The van der Waals surface area contributed by atoms with Crippen molar-refractivity contribution in [3.8, 4) is 0 Å². The van der Waals surface area contributed by atoms with Crippen LogP contribution >= 0.6 is 11.8 Å². The van der Waals surface area contributed by atoms with Crippen LogP contribution in [0.2, 0.25) is 0 Å². The van der Waals surface area contributed by atoms with Crippen LogP contribution in [0.1, 0.15) is 12.8 Å². The fourth-order valence-electron chi connectivity index (χ4n) is 2.37. The van der Waals surface area contributed by atoms with Gasteiger partial charge < -0.3 is 10.2 Å². The molecule has 2 N–H and O–H groups in total. The predicted octanol–water partition coefficient (Wildman–Crippen LogP) is -0.366. The maximum absolute atomic E-state index is 12.2.